The van der Waals surface area contributed by atoms with E-state index in [0.717, 1.165) is 22.3 Å². The van der Waals surface area contributed by atoms with E-state index in [9.17, 15) is 28.9 Å². The van der Waals surface area contributed by atoms with Crippen LogP contribution in [0.3, 0.4) is 0 Å². The first-order valence-corrected chi connectivity index (χ1v) is 29.9. The van der Waals surface area contributed by atoms with E-state index in [0.29, 0.717) is 5.75 Å². The van der Waals surface area contributed by atoms with Gasteiger partial charge in [0.2, 0.25) is 0 Å². The van der Waals surface area contributed by atoms with E-state index in [2.05, 4.69) is 0 Å². The number of rotatable bonds is 26. The van der Waals surface area contributed by atoms with Crippen LogP contribution >= 0.6 is 15.6 Å². The number of nitrogens with zero attached hydrogens (tertiary/aromatic N) is 3. The number of ether oxygens (including phenoxy) is 1. The van der Waals surface area contributed by atoms with E-state index in [1.807, 2.05) is 121 Å². The molecule has 2 N–H and O–H groups in total. The van der Waals surface area contributed by atoms with Crippen LogP contribution < -0.4 is 4.74 Å². The van der Waals surface area contributed by atoms with Gasteiger partial charge < -0.3 is 29.3 Å². The van der Waals surface area contributed by atoms with Crippen LogP contribution in [0.2, 0.25) is 0 Å². The Morgan fingerprint density at radius 3 is 1.04 bits per heavy atom. The normalized spacial score (nSPS) is 19.4. The summed E-state index contributed by atoms with van der Waals surface area (Å²) in [5, 5.41) is 23.7. The van der Waals surface area contributed by atoms with Crippen molar-refractivity contribution in [3.05, 3.63) is 190 Å². The van der Waals surface area contributed by atoms with Gasteiger partial charge in [0.25, 0.3) is 11.8 Å². The molecular weight excluding hydrogens is 1080 g/mol. The zero-order valence-corrected chi connectivity index (χ0v) is 48.1. The maximum absolute atomic E-state index is 15.2. The van der Waals surface area contributed by atoms with Crippen LogP contribution in [-0.4, -0.2) is 96.8 Å². The number of hydrogen-bond donors (Lipinski definition) is 2. The number of carboxylic acids is 2. The van der Waals surface area contributed by atoms with Gasteiger partial charge in [-0.15, -0.1) is 0 Å². The second-order valence-electron chi connectivity index (χ2n) is 21.1. The van der Waals surface area contributed by atoms with Gasteiger partial charge >= 0.3 is 27.6 Å². The number of aromatic nitrogens is 1. The molecule has 5 aromatic carbocycles. The lowest BCUT2D eigenvalue weighted by Crippen LogP contribution is -2.47. The van der Waals surface area contributed by atoms with Gasteiger partial charge in [0.15, 0.2) is 0 Å². The molecule has 0 bridgehead atoms. The highest BCUT2D eigenvalue weighted by molar-refractivity contribution is 7.48. The Hall–Kier alpha value is -6.72. The zero-order chi connectivity index (χ0) is 57.8. The van der Waals surface area contributed by atoms with Crippen molar-refractivity contribution in [1.82, 2.24) is 14.4 Å². The summed E-state index contributed by atoms with van der Waals surface area (Å²) >= 11 is 0. The molecule has 81 heavy (non-hydrogen) atoms. The van der Waals surface area contributed by atoms with E-state index in [4.69, 9.17) is 31.9 Å². The average Bonchev–Trinajstić information content (AvgIpc) is 4.05. The van der Waals surface area contributed by atoms with Gasteiger partial charge in [-0.25, -0.2) is 9.13 Å². The fourth-order valence-electron chi connectivity index (χ4n) is 10.7. The number of carbonyl (C=O) groups is 4. The highest BCUT2D eigenvalue weighted by atomic mass is 31.2. The number of methoxy groups -OCH3 is 1. The maximum Gasteiger partial charge on any atom is 0.475 e. The minimum atomic E-state index is -4.25. The Bertz CT molecular complexity index is 2890. The number of carboxylic acid groups (broad SMARTS) is 2. The van der Waals surface area contributed by atoms with Gasteiger partial charge in [-0.05, 0) is 110 Å². The van der Waals surface area contributed by atoms with Gasteiger partial charge in [0.1, 0.15) is 17.1 Å². The van der Waals surface area contributed by atoms with Crippen molar-refractivity contribution in [2.24, 2.45) is 11.8 Å². The van der Waals surface area contributed by atoms with Crippen LogP contribution in [0.15, 0.2) is 146 Å². The largest absolute Gasteiger partial charge is 0.497 e. The minimum absolute atomic E-state index is 0.0672. The van der Waals surface area contributed by atoms with Crippen molar-refractivity contribution in [3.8, 4) is 11.4 Å². The Balaban J connectivity index is 1.16. The predicted octanol–water partition coefficient (Wildman–Crippen LogP) is 12.0. The molecule has 2 aliphatic rings. The van der Waals surface area contributed by atoms with Crippen molar-refractivity contribution in [2.45, 2.75) is 88.6 Å². The molecule has 8 rings (SSSR count). The van der Waals surface area contributed by atoms with E-state index < -0.39 is 62.1 Å². The SMILES string of the molecule is COc1ccc(-n2c(C(=O)N(C)C)c(C3(C(=O)O)CCC(COP(=O)(OCc4ccccc4)OCc4ccccc4)CC3)c([C@]3(C(=O)O)CC[C@@H](COP(=O)(OCc4ccccc4)OCc4ccccc4)CC3)c2C(=O)N(C)C)cc1. The summed E-state index contributed by atoms with van der Waals surface area (Å²) in [5.74, 6) is -4.31. The highest BCUT2D eigenvalue weighted by Gasteiger charge is 2.57. The van der Waals surface area contributed by atoms with Crippen LogP contribution in [0, 0.1) is 11.8 Å². The number of benzene rings is 5. The topological polar surface area (TPSA) is 219 Å². The molecular formula is C61H71N3O15P2. The molecule has 0 unspecified atom stereocenters. The first-order chi connectivity index (χ1) is 38.9. The Morgan fingerprint density at radius 1 is 0.481 bits per heavy atom. The second-order valence-corrected chi connectivity index (χ2v) is 24.4. The third kappa shape index (κ3) is 14.3. The lowest BCUT2D eigenvalue weighted by Gasteiger charge is -2.42. The average molecular weight is 1150 g/mol. The van der Waals surface area contributed by atoms with Crippen LogP contribution in [0.1, 0.15) is 106 Å². The summed E-state index contributed by atoms with van der Waals surface area (Å²) in [4.78, 5) is 62.1. The molecule has 430 valence electrons. The number of amides is 2. The highest BCUT2D eigenvalue weighted by Crippen LogP contribution is 2.57. The van der Waals surface area contributed by atoms with E-state index in [1.165, 1.54) is 49.7 Å². The summed E-state index contributed by atoms with van der Waals surface area (Å²) in [6, 6.07) is 43.1. The number of phosphoric ester groups is 2. The zero-order valence-electron chi connectivity index (χ0n) is 46.3. The summed E-state index contributed by atoms with van der Waals surface area (Å²) in [6.45, 7) is -0.581. The van der Waals surface area contributed by atoms with Gasteiger partial charge in [-0.3, -0.25) is 46.3 Å². The molecule has 2 saturated carbocycles. The van der Waals surface area contributed by atoms with E-state index >= 15 is 9.59 Å². The first-order valence-electron chi connectivity index (χ1n) is 27.0. The predicted molar refractivity (Wildman–Crippen MR) is 303 cm³/mol. The summed E-state index contributed by atoms with van der Waals surface area (Å²) in [7, 11) is -0.972. The maximum atomic E-state index is 15.2. The lowest BCUT2D eigenvalue weighted by molar-refractivity contribution is -0.148. The Labute approximate surface area is 473 Å². The Morgan fingerprint density at radius 2 is 0.778 bits per heavy atom. The van der Waals surface area contributed by atoms with E-state index in [1.54, 1.807) is 24.3 Å². The van der Waals surface area contributed by atoms with Crippen molar-refractivity contribution in [2.75, 3.05) is 48.5 Å². The molecule has 20 heteroatoms. The molecule has 0 aliphatic heterocycles. The van der Waals surface area contributed by atoms with Crippen LogP contribution in [0.4, 0.5) is 0 Å². The van der Waals surface area contributed by atoms with Crippen LogP contribution in [0.25, 0.3) is 5.69 Å². The molecule has 2 fully saturated rings. The molecule has 0 radical (unpaired) electrons. The number of phosphoric acid groups is 2. The molecule has 2 aliphatic carbocycles. The quantitative estimate of drug-likeness (QED) is 0.0483. The van der Waals surface area contributed by atoms with Gasteiger partial charge in [-0.1, -0.05) is 121 Å². The summed E-state index contributed by atoms with van der Waals surface area (Å²) in [6.07, 6.45) is 0.0887. The van der Waals surface area contributed by atoms with Crippen LogP contribution in [0.5, 0.6) is 5.75 Å². The molecule has 2 amide bonds. The molecule has 0 saturated heterocycles. The van der Waals surface area contributed by atoms with Crippen LogP contribution in [-0.2, 0) is 83.1 Å². The standard InChI is InChI=1S/C61H71N3O15P2/c1-62(2)56(65)54-52(60(58(67)68)34-30-48(31-35-60)42-78-80(71,74-38-44-18-10-6-11-19-44)75-39-45-20-12-7-13-21-45)53(55(57(66)63(3)4)64(54)50-26-28-51(73-5)29-27-50)61(59(69)70)36-32-49(33-37-61)43-79-81(72,76-40-46-22-14-8-15-23-46)77-41-47-24-16-9-17-25-47/h6-29,48-49H,30-43H2,1-5H3,(H,67,68)(H,69,70)/t48-,49?,60+,61?. The first kappa shape index (κ1) is 60.4. The third-order valence-electron chi connectivity index (χ3n) is 15.3. The van der Waals surface area contributed by atoms with Crippen molar-refractivity contribution >= 4 is 39.4 Å². The molecule has 1 aromatic heterocycles. The molecule has 6 aromatic rings. The van der Waals surface area contributed by atoms with Crippen molar-refractivity contribution in [1.29, 1.82) is 0 Å². The minimum Gasteiger partial charge on any atom is -0.497 e. The Kier molecular flexibility index (Phi) is 20.1. The van der Waals surface area contributed by atoms with Gasteiger partial charge in [0, 0.05) is 45.0 Å². The van der Waals surface area contributed by atoms with Gasteiger partial charge in [0.05, 0.1) is 57.6 Å². The summed E-state index contributed by atoms with van der Waals surface area (Å²) < 4.78 is 71.6. The number of carbonyl (C=O) groups excluding carboxylic acids is 2. The van der Waals surface area contributed by atoms with Gasteiger partial charge in [-0.2, -0.15) is 0 Å². The smallest absolute Gasteiger partial charge is 0.475 e. The number of hydrogen-bond acceptors (Lipinski definition) is 13. The second kappa shape index (κ2) is 26.9. The van der Waals surface area contributed by atoms with E-state index in [-0.39, 0.29) is 119 Å². The molecule has 1 heterocycles. The fraction of sp³-hybridized carbons (Fsp3) is 0.377. The monoisotopic (exact) mass is 1150 g/mol. The molecule has 0 atom stereocenters. The number of aliphatic carboxylic acids is 2. The fourth-order valence-corrected chi connectivity index (χ4v) is 13.1. The molecule has 0 spiro atoms. The third-order valence-corrected chi connectivity index (χ3v) is 18.0. The van der Waals surface area contributed by atoms with Crippen molar-refractivity contribution in [3.63, 3.8) is 0 Å². The lowest BCUT2D eigenvalue weighted by atomic mass is 9.59. The summed E-state index contributed by atoms with van der Waals surface area (Å²) in [5.41, 5.74) is -1.15. The van der Waals surface area contributed by atoms with Crippen molar-refractivity contribution < 1.29 is 70.4 Å². The molecule has 18 nitrogen and oxygen atoms in total.